The molecule has 0 N–H and O–H groups in total. The Kier molecular flexibility index (Phi) is 4.80. The van der Waals surface area contributed by atoms with Crippen molar-refractivity contribution >= 4 is 11.6 Å². The van der Waals surface area contributed by atoms with E-state index in [0.717, 1.165) is 76.5 Å². The smallest absolute Gasteiger partial charge is 0.134 e. The minimum atomic E-state index is 0.769. The summed E-state index contributed by atoms with van der Waals surface area (Å²) >= 11 is 0. The van der Waals surface area contributed by atoms with Gasteiger partial charge >= 0.3 is 0 Å². The van der Waals surface area contributed by atoms with E-state index in [-0.39, 0.29) is 0 Å². The van der Waals surface area contributed by atoms with Crippen LogP contribution in [0.1, 0.15) is 5.82 Å². The van der Waals surface area contributed by atoms with Gasteiger partial charge in [-0.1, -0.05) is 0 Å². The van der Waals surface area contributed by atoms with Crippen LogP contribution in [0.2, 0.25) is 0 Å². The molecule has 25 heavy (non-hydrogen) atoms. The van der Waals surface area contributed by atoms with Crippen LogP contribution in [-0.4, -0.2) is 76.9 Å². The third-order valence-electron chi connectivity index (χ3n) is 4.96. The van der Waals surface area contributed by atoms with Crippen LogP contribution in [0.15, 0.2) is 24.8 Å². The molecule has 0 aliphatic carbocycles. The van der Waals surface area contributed by atoms with E-state index in [1.165, 1.54) is 0 Å². The van der Waals surface area contributed by atoms with E-state index < -0.39 is 0 Å². The van der Waals surface area contributed by atoms with Crippen LogP contribution in [-0.2, 0) is 18.3 Å². The van der Waals surface area contributed by atoms with E-state index in [0.29, 0.717) is 0 Å². The average molecular weight is 343 g/mol. The van der Waals surface area contributed by atoms with Crippen molar-refractivity contribution in [1.29, 1.82) is 0 Å². The minimum Gasteiger partial charge on any atom is -0.378 e. The van der Waals surface area contributed by atoms with Crippen molar-refractivity contribution in [3.8, 4) is 0 Å². The number of anilines is 2. The second-order valence-electron chi connectivity index (χ2n) is 6.55. The number of imidazole rings is 1. The third kappa shape index (κ3) is 3.74. The van der Waals surface area contributed by atoms with E-state index in [1.54, 1.807) is 6.33 Å². The number of aryl methyl sites for hydroxylation is 1. The molecule has 8 nitrogen and oxygen atoms in total. The summed E-state index contributed by atoms with van der Waals surface area (Å²) in [6.45, 7) is 8.22. The second kappa shape index (κ2) is 7.37. The Bertz CT molecular complexity index is 690. The monoisotopic (exact) mass is 343 g/mol. The Morgan fingerprint density at radius 3 is 2.24 bits per heavy atom. The Balaban J connectivity index is 1.36. The zero-order valence-corrected chi connectivity index (χ0v) is 14.7. The molecule has 0 unspecified atom stereocenters. The number of morpholine rings is 1. The van der Waals surface area contributed by atoms with Gasteiger partial charge in [-0.2, -0.15) is 0 Å². The van der Waals surface area contributed by atoms with Crippen molar-refractivity contribution in [3.05, 3.63) is 30.6 Å². The topological polar surface area (TPSA) is 62.6 Å². The summed E-state index contributed by atoms with van der Waals surface area (Å²) in [4.78, 5) is 20.4. The lowest BCUT2D eigenvalue weighted by Crippen LogP contribution is -2.46. The zero-order chi connectivity index (χ0) is 17.1. The van der Waals surface area contributed by atoms with Crippen molar-refractivity contribution in [2.24, 2.45) is 7.05 Å². The highest BCUT2D eigenvalue weighted by atomic mass is 16.5. The average Bonchev–Trinajstić information content (AvgIpc) is 3.08. The molecule has 0 spiro atoms. The summed E-state index contributed by atoms with van der Waals surface area (Å²) in [5, 5.41) is 0. The molecule has 4 heterocycles. The van der Waals surface area contributed by atoms with Gasteiger partial charge in [-0.3, -0.25) is 4.90 Å². The Hall–Kier alpha value is -2.19. The van der Waals surface area contributed by atoms with Gasteiger partial charge in [0, 0.05) is 64.8 Å². The van der Waals surface area contributed by atoms with Gasteiger partial charge in [-0.05, 0) is 0 Å². The third-order valence-corrected chi connectivity index (χ3v) is 4.96. The molecule has 0 aromatic carbocycles. The van der Waals surface area contributed by atoms with Crippen molar-refractivity contribution in [2.45, 2.75) is 6.54 Å². The van der Waals surface area contributed by atoms with Gasteiger partial charge in [0.05, 0.1) is 19.8 Å². The predicted octanol–water partition coefficient (Wildman–Crippen LogP) is 0.369. The molecule has 134 valence electrons. The maximum Gasteiger partial charge on any atom is 0.134 e. The molecule has 0 atom stereocenters. The largest absolute Gasteiger partial charge is 0.378 e. The Labute approximate surface area is 148 Å². The van der Waals surface area contributed by atoms with Gasteiger partial charge in [-0.15, -0.1) is 0 Å². The van der Waals surface area contributed by atoms with Gasteiger partial charge in [0.1, 0.15) is 23.8 Å². The highest BCUT2D eigenvalue weighted by Gasteiger charge is 2.20. The standard InChI is InChI=1S/C17H25N7O/c1-21-3-2-18-17(21)13-22-4-6-23(7-5-22)15-12-16(20-14-19-15)24-8-10-25-11-9-24/h2-3,12,14H,4-11,13H2,1H3. The van der Waals surface area contributed by atoms with Crippen LogP contribution in [0.5, 0.6) is 0 Å². The van der Waals surface area contributed by atoms with E-state index >= 15 is 0 Å². The lowest BCUT2D eigenvalue weighted by atomic mass is 10.3. The molecule has 0 amide bonds. The number of hydrogen-bond acceptors (Lipinski definition) is 7. The summed E-state index contributed by atoms with van der Waals surface area (Å²) < 4.78 is 7.51. The molecule has 2 aliphatic rings. The van der Waals surface area contributed by atoms with Crippen LogP contribution in [0.4, 0.5) is 11.6 Å². The molecular formula is C17H25N7O. The van der Waals surface area contributed by atoms with Crippen molar-refractivity contribution in [2.75, 3.05) is 62.3 Å². The summed E-state index contributed by atoms with van der Waals surface area (Å²) in [7, 11) is 2.05. The summed E-state index contributed by atoms with van der Waals surface area (Å²) in [5.74, 6) is 3.14. The summed E-state index contributed by atoms with van der Waals surface area (Å²) in [6, 6.07) is 2.11. The SMILES string of the molecule is Cn1ccnc1CN1CCN(c2cc(N3CCOCC3)ncn2)CC1. The van der Waals surface area contributed by atoms with Crippen LogP contribution >= 0.6 is 0 Å². The molecule has 0 bridgehead atoms. The maximum atomic E-state index is 5.42. The van der Waals surface area contributed by atoms with Crippen molar-refractivity contribution < 1.29 is 4.74 Å². The van der Waals surface area contributed by atoms with Gasteiger partial charge in [0.25, 0.3) is 0 Å². The number of piperazine rings is 1. The number of ether oxygens (including phenoxy) is 1. The number of nitrogens with zero attached hydrogens (tertiary/aromatic N) is 7. The fourth-order valence-corrected chi connectivity index (χ4v) is 3.36. The molecule has 4 rings (SSSR count). The van der Waals surface area contributed by atoms with E-state index in [2.05, 4.69) is 40.3 Å². The van der Waals surface area contributed by atoms with E-state index in [4.69, 9.17) is 4.74 Å². The molecule has 8 heteroatoms. The van der Waals surface area contributed by atoms with E-state index in [1.807, 2.05) is 19.4 Å². The first-order chi connectivity index (χ1) is 12.3. The Morgan fingerprint density at radius 1 is 0.920 bits per heavy atom. The molecule has 2 aliphatic heterocycles. The summed E-state index contributed by atoms with van der Waals surface area (Å²) in [6.07, 6.45) is 5.54. The lowest BCUT2D eigenvalue weighted by Gasteiger charge is -2.35. The lowest BCUT2D eigenvalue weighted by molar-refractivity contribution is 0.122. The molecule has 0 saturated carbocycles. The first-order valence-corrected chi connectivity index (χ1v) is 8.88. The van der Waals surface area contributed by atoms with Crippen LogP contribution in [0.25, 0.3) is 0 Å². The summed E-state index contributed by atoms with van der Waals surface area (Å²) in [5.41, 5.74) is 0. The number of aromatic nitrogens is 4. The van der Waals surface area contributed by atoms with Crippen molar-refractivity contribution in [1.82, 2.24) is 24.4 Å². The molecule has 0 radical (unpaired) electrons. The maximum absolute atomic E-state index is 5.42. The van der Waals surface area contributed by atoms with E-state index in [9.17, 15) is 0 Å². The first-order valence-electron chi connectivity index (χ1n) is 8.88. The molecule has 2 aromatic rings. The van der Waals surface area contributed by atoms with Gasteiger partial charge in [0.2, 0.25) is 0 Å². The highest BCUT2D eigenvalue weighted by molar-refractivity contribution is 5.50. The fourth-order valence-electron chi connectivity index (χ4n) is 3.36. The molecule has 2 aromatic heterocycles. The fraction of sp³-hybridized carbons (Fsp3) is 0.588. The first kappa shape index (κ1) is 16.3. The minimum absolute atomic E-state index is 0.769. The highest BCUT2D eigenvalue weighted by Crippen LogP contribution is 2.20. The molecular weight excluding hydrogens is 318 g/mol. The van der Waals surface area contributed by atoms with Crippen LogP contribution < -0.4 is 9.80 Å². The van der Waals surface area contributed by atoms with Crippen molar-refractivity contribution in [3.63, 3.8) is 0 Å². The molecule has 2 fully saturated rings. The normalized spacial score (nSPS) is 19.4. The number of hydrogen-bond donors (Lipinski definition) is 0. The molecule has 2 saturated heterocycles. The van der Waals surface area contributed by atoms with Gasteiger partial charge < -0.3 is 19.1 Å². The second-order valence-corrected chi connectivity index (χ2v) is 6.55. The number of rotatable bonds is 4. The predicted molar refractivity (Wildman–Crippen MR) is 95.8 cm³/mol. The quantitative estimate of drug-likeness (QED) is 0.795. The Morgan fingerprint density at radius 2 is 1.60 bits per heavy atom. The van der Waals surface area contributed by atoms with Crippen LogP contribution in [0, 0.1) is 0 Å². The van der Waals surface area contributed by atoms with Gasteiger partial charge in [0.15, 0.2) is 0 Å². The van der Waals surface area contributed by atoms with Crippen LogP contribution in [0.3, 0.4) is 0 Å². The van der Waals surface area contributed by atoms with Gasteiger partial charge in [-0.25, -0.2) is 15.0 Å². The zero-order valence-electron chi connectivity index (χ0n) is 14.7.